The molecule has 3 heteroatoms. The molecule has 0 spiro atoms. The second kappa shape index (κ2) is 15.4. The summed E-state index contributed by atoms with van der Waals surface area (Å²) < 4.78 is 0. The number of nitrogens with zero attached hydrogens (tertiary/aromatic N) is 1. The Balaban J connectivity index is 1.11. The van der Waals surface area contributed by atoms with Gasteiger partial charge in [0.2, 0.25) is 0 Å². The minimum atomic E-state index is -0.152. The van der Waals surface area contributed by atoms with Crippen molar-refractivity contribution >= 4 is 57.4 Å². The number of anilines is 5. The first-order valence-electron chi connectivity index (χ1n) is 22.7. The van der Waals surface area contributed by atoms with Crippen LogP contribution in [0.1, 0.15) is 30.5 Å². The van der Waals surface area contributed by atoms with E-state index in [1.165, 1.54) is 99.8 Å². The Morgan fingerprint density at radius 3 is 1.75 bits per heavy atom. The van der Waals surface area contributed by atoms with Crippen LogP contribution in [0, 0.1) is 6.92 Å². The van der Waals surface area contributed by atoms with Crippen molar-refractivity contribution in [2.75, 3.05) is 10.2 Å². The highest BCUT2D eigenvalue weighted by molar-refractivity contribution is 6.73. The zero-order valence-corrected chi connectivity index (χ0v) is 36.8. The van der Waals surface area contributed by atoms with E-state index in [1.807, 2.05) is 0 Å². The van der Waals surface area contributed by atoms with Crippen molar-refractivity contribution in [3.8, 4) is 55.6 Å². The van der Waals surface area contributed by atoms with Gasteiger partial charge in [0, 0.05) is 39.1 Å². The molecule has 1 N–H and O–H groups in total. The van der Waals surface area contributed by atoms with E-state index in [4.69, 9.17) is 0 Å². The van der Waals surface area contributed by atoms with Gasteiger partial charge in [0.15, 0.2) is 7.28 Å². The normalized spacial score (nSPS) is 13.1. The lowest BCUT2D eigenvalue weighted by molar-refractivity contribution is 0.660. The second-order valence-corrected chi connectivity index (χ2v) is 18.1. The summed E-state index contributed by atoms with van der Waals surface area (Å²) in [5.41, 5.74) is 24.0. The van der Waals surface area contributed by atoms with Crippen molar-refractivity contribution in [2.24, 2.45) is 0 Å². The van der Waals surface area contributed by atoms with Gasteiger partial charge in [-0.25, -0.2) is 0 Å². The average molecular weight is 830 g/mol. The molecule has 2 aliphatic rings. The van der Waals surface area contributed by atoms with Gasteiger partial charge in [0.1, 0.15) is 0 Å². The molecule has 0 atom stereocenters. The molecule has 10 aromatic rings. The monoisotopic (exact) mass is 829 g/mol. The van der Waals surface area contributed by atoms with Gasteiger partial charge in [-0.05, 0) is 127 Å². The summed E-state index contributed by atoms with van der Waals surface area (Å²) in [6, 6.07) is 80.1. The van der Waals surface area contributed by atoms with Gasteiger partial charge in [-0.2, -0.15) is 0 Å². The second-order valence-electron chi connectivity index (χ2n) is 18.1. The lowest BCUT2D eigenvalue weighted by atomic mass is 9.57. The maximum absolute atomic E-state index is 3.98. The molecule has 0 bridgehead atoms. The fourth-order valence-corrected chi connectivity index (χ4v) is 10.5. The summed E-state index contributed by atoms with van der Waals surface area (Å²) in [4.78, 5) is 2.56. The average Bonchev–Trinajstić information content (AvgIpc) is 3.58. The number of benzene rings is 10. The van der Waals surface area contributed by atoms with Gasteiger partial charge in [-0.3, -0.25) is 0 Å². The lowest BCUT2D eigenvalue weighted by Gasteiger charge is -2.37. The van der Waals surface area contributed by atoms with Gasteiger partial charge in [-0.1, -0.05) is 195 Å². The van der Waals surface area contributed by atoms with Crippen LogP contribution in [0.2, 0.25) is 0 Å². The molecule has 1 heterocycles. The molecular weight excluding hydrogens is 784 g/mol. The van der Waals surface area contributed by atoms with Crippen LogP contribution in [-0.2, 0) is 5.41 Å². The summed E-state index contributed by atoms with van der Waals surface area (Å²) in [7, 11) is 2.46. The van der Waals surface area contributed by atoms with E-state index in [9.17, 15) is 0 Å². The first kappa shape index (κ1) is 38.8. The largest absolute Gasteiger partial charge is 0.355 e. The Hall–Kier alpha value is -7.88. The molecule has 0 fully saturated rings. The zero-order chi connectivity index (χ0) is 43.6. The van der Waals surface area contributed by atoms with E-state index in [1.54, 1.807) is 0 Å². The number of fused-ring (bicyclic) bond motifs is 6. The smallest absolute Gasteiger partial charge is 0.197 e. The first-order chi connectivity index (χ1) is 31.9. The van der Waals surface area contributed by atoms with E-state index < -0.39 is 0 Å². The SMILES string of the molecule is Cc1cc(-c2ccccc2)ccc1N1c2cc3c(cc2[B]c2c(-c4ccc5ccccc5c4Nc4ccc(-c5ccccc5)cc4)cc(-c4ccccc4)cc21)-c1ccccc1C3(C)C. The summed E-state index contributed by atoms with van der Waals surface area (Å²) >= 11 is 0. The number of rotatable bonds is 7. The minimum absolute atomic E-state index is 0.152. The predicted octanol–water partition coefficient (Wildman–Crippen LogP) is 15.3. The highest BCUT2D eigenvalue weighted by atomic mass is 15.2. The van der Waals surface area contributed by atoms with Crippen LogP contribution in [0.3, 0.4) is 0 Å². The van der Waals surface area contributed by atoms with Crippen molar-refractivity contribution in [3.05, 3.63) is 235 Å². The third kappa shape index (κ3) is 6.58. The van der Waals surface area contributed by atoms with Crippen LogP contribution in [0.5, 0.6) is 0 Å². The van der Waals surface area contributed by atoms with Crippen molar-refractivity contribution in [1.82, 2.24) is 0 Å². The van der Waals surface area contributed by atoms with Crippen molar-refractivity contribution in [3.63, 3.8) is 0 Å². The summed E-state index contributed by atoms with van der Waals surface area (Å²) in [5, 5.41) is 6.34. The minimum Gasteiger partial charge on any atom is -0.355 e. The molecule has 0 saturated heterocycles. The molecule has 0 unspecified atom stereocenters. The Labute approximate surface area is 382 Å². The Bertz CT molecular complexity index is 3450. The van der Waals surface area contributed by atoms with E-state index in [0.29, 0.717) is 0 Å². The summed E-state index contributed by atoms with van der Waals surface area (Å²) in [6.07, 6.45) is 0. The maximum atomic E-state index is 3.98. The molecule has 0 saturated carbocycles. The van der Waals surface area contributed by atoms with Gasteiger partial charge in [0.05, 0.1) is 5.69 Å². The molecule has 10 aromatic carbocycles. The number of hydrogen-bond donors (Lipinski definition) is 1. The number of hydrogen-bond acceptors (Lipinski definition) is 2. The van der Waals surface area contributed by atoms with Crippen LogP contribution >= 0.6 is 0 Å². The van der Waals surface area contributed by atoms with Gasteiger partial charge >= 0.3 is 0 Å². The van der Waals surface area contributed by atoms with Crippen LogP contribution in [0.15, 0.2) is 218 Å². The van der Waals surface area contributed by atoms with Crippen molar-refractivity contribution in [1.29, 1.82) is 0 Å². The molecule has 1 aliphatic carbocycles. The topological polar surface area (TPSA) is 15.3 Å². The highest BCUT2D eigenvalue weighted by Crippen LogP contribution is 2.52. The third-order valence-electron chi connectivity index (χ3n) is 13.8. The van der Waals surface area contributed by atoms with E-state index in [-0.39, 0.29) is 5.41 Å². The molecule has 65 heavy (non-hydrogen) atoms. The predicted molar refractivity (Wildman–Crippen MR) is 277 cm³/mol. The molecule has 0 aromatic heterocycles. The zero-order valence-electron chi connectivity index (χ0n) is 36.8. The van der Waals surface area contributed by atoms with E-state index >= 15 is 0 Å². The van der Waals surface area contributed by atoms with E-state index in [0.717, 1.165) is 22.6 Å². The van der Waals surface area contributed by atoms with Crippen LogP contribution in [0.4, 0.5) is 28.4 Å². The first-order valence-corrected chi connectivity index (χ1v) is 22.7. The fourth-order valence-electron chi connectivity index (χ4n) is 10.5. The molecule has 1 radical (unpaired) electrons. The summed E-state index contributed by atoms with van der Waals surface area (Å²) in [6.45, 7) is 7.02. The molecule has 307 valence electrons. The van der Waals surface area contributed by atoms with Crippen LogP contribution in [0.25, 0.3) is 66.4 Å². The standard InChI is InChI=1S/C62H46BN2/c1-40-35-46(42-19-9-5-10-20-42)30-34-57(40)65-58-39-55-52(50-25-15-16-26-54(50)62(55,2)3)38-56(58)63-60-53(36-47(37-59(60)65)43-21-11-6-12-22-43)51-33-29-45-23-13-14-24-49(45)61(51)64-48-31-27-44(28-32-48)41-17-7-4-8-18-41/h4-39,64H,1-3H3. The fraction of sp³-hybridized carbons (Fsp3) is 0.0645. The van der Waals surface area contributed by atoms with Crippen LogP contribution in [-0.4, -0.2) is 7.28 Å². The van der Waals surface area contributed by atoms with E-state index in [2.05, 4.69) is 257 Å². The Morgan fingerprint density at radius 2 is 1.03 bits per heavy atom. The molecule has 1 aliphatic heterocycles. The maximum Gasteiger partial charge on any atom is 0.197 e. The van der Waals surface area contributed by atoms with Crippen molar-refractivity contribution in [2.45, 2.75) is 26.2 Å². The number of aryl methyl sites for hydroxylation is 1. The summed E-state index contributed by atoms with van der Waals surface area (Å²) in [5.74, 6) is 0. The molecule has 12 rings (SSSR count). The molecule has 2 nitrogen and oxygen atoms in total. The highest BCUT2D eigenvalue weighted by Gasteiger charge is 2.39. The molecular formula is C62H46BN2. The van der Waals surface area contributed by atoms with Crippen LogP contribution < -0.4 is 21.1 Å². The van der Waals surface area contributed by atoms with Crippen molar-refractivity contribution < 1.29 is 0 Å². The molecule has 0 amide bonds. The lowest BCUT2D eigenvalue weighted by Crippen LogP contribution is -2.41. The Kier molecular flexibility index (Phi) is 9.21. The van der Waals surface area contributed by atoms with Gasteiger partial charge in [-0.15, -0.1) is 0 Å². The van der Waals surface area contributed by atoms with Gasteiger partial charge in [0.25, 0.3) is 0 Å². The third-order valence-corrected chi connectivity index (χ3v) is 13.8. The quantitative estimate of drug-likeness (QED) is 0.161. The van der Waals surface area contributed by atoms with Gasteiger partial charge < -0.3 is 10.2 Å². The Morgan fingerprint density at radius 1 is 0.415 bits per heavy atom. The number of nitrogens with one attached hydrogen (secondary N) is 1.